The number of hydrogen-bond acceptors (Lipinski definition) is 7. The van der Waals surface area contributed by atoms with E-state index in [1.807, 2.05) is 25.4 Å². The van der Waals surface area contributed by atoms with E-state index in [1.165, 1.54) is 7.05 Å². The van der Waals surface area contributed by atoms with E-state index in [0.717, 1.165) is 48.3 Å². The van der Waals surface area contributed by atoms with E-state index in [2.05, 4.69) is 15.3 Å². The highest BCUT2D eigenvalue weighted by Gasteiger charge is 2.35. The maximum absolute atomic E-state index is 11.4. The lowest BCUT2D eigenvalue weighted by Gasteiger charge is -2.33. The van der Waals surface area contributed by atoms with E-state index in [-0.39, 0.29) is 12.2 Å². The van der Waals surface area contributed by atoms with Gasteiger partial charge in [-0.1, -0.05) is 0 Å². The minimum absolute atomic E-state index is 0.264. The van der Waals surface area contributed by atoms with Gasteiger partial charge in [-0.3, -0.25) is 4.68 Å². The third-order valence-electron chi connectivity index (χ3n) is 5.44. The quantitative estimate of drug-likeness (QED) is 0.727. The molecule has 2 bridgehead atoms. The molecule has 3 aromatic rings. The summed E-state index contributed by atoms with van der Waals surface area (Å²) in [5, 5.41) is 7.76. The van der Waals surface area contributed by atoms with Gasteiger partial charge in [-0.2, -0.15) is 5.10 Å². The first-order valence-corrected chi connectivity index (χ1v) is 9.71. The van der Waals surface area contributed by atoms with Crippen LogP contribution in [0.5, 0.6) is 5.75 Å². The van der Waals surface area contributed by atoms with Gasteiger partial charge >= 0.3 is 6.09 Å². The topological polar surface area (TPSA) is 94.4 Å². The highest BCUT2D eigenvalue weighted by molar-refractivity contribution is 5.88. The van der Waals surface area contributed by atoms with Gasteiger partial charge < -0.3 is 19.7 Å². The number of carbonyl (C=O) groups excluding carboxylic acids is 1. The van der Waals surface area contributed by atoms with Crippen LogP contribution in [0, 0.1) is 0 Å². The van der Waals surface area contributed by atoms with Crippen molar-refractivity contribution in [1.29, 1.82) is 0 Å². The van der Waals surface area contributed by atoms with E-state index < -0.39 is 6.09 Å². The van der Waals surface area contributed by atoms with Crippen molar-refractivity contribution >= 4 is 22.9 Å². The molecule has 2 saturated heterocycles. The highest BCUT2D eigenvalue weighted by Crippen LogP contribution is 2.33. The molecule has 2 aliphatic rings. The summed E-state index contributed by atoms with van der Waals surface area (Å²) < 4.78 is 12.9. The number of benzene rings is 1. The first-order chi connectivity index (χ1) is 14.1. The smallest absolute Gasteiger partial charge is 0.410 e. The predicted molar refractivity (Wildman–Crippen MR) is 107 cm³/mol. The molecule has 9 heteroatoms. The lowest BCUT2D eigenvalue weighted by atomic mass is 10.2. The molecule has 4 heterocycles. The third-order valence-corrected chi connectivity index (χ3v) is 5.44. The van der Waals surface area contributed by atoms with Crippen molar-refractivity contribution in [1.82, 2.24) is 25.1 Å². The Morgan fingerprint density at radius 3 is 2.59 bits per heavy atom. The van der Waals surface area contributed by atoms with Crippen LogP contribution in [-0.4, -0.2) is 58.2 Å². The maximum Gasteiger partial charge on any atom is 0.412 e. The van der Waals surface area contributed by atoms with Gasteiger partial charge in [0.25, 0.3) is 0 Å². The summed E-state index contributed by atoms with van der Waals surface area (Å²) >= 11 is 0. The molecule has 5 rings (SSSR count). The van der Waals surface area contributed by atoms with Crippen LogP contribution in [0.25, 0.3) is 22.4 Å². The molecule has 0 aliphatic carbocycles. The molecule has 0 radical (unpaired) electrons. The molecule has 0 spiro atoms. The second-order valence-electron chi connectivity index (χ2n) is 7.40. The number of amides is 1. The van der Waals surface area contributed by atoms with E-state index >= 15 is 0 Å². The van der Waals surface area contributed by atoms with Gasteiger partial charge in [-0.25, -0.2) is 14.8 Å². The number of hydrogen-bond donors (Lipinski definition) is 1. The number of aryl methyl sites for hydroxylation is 1. The largest absolute Gasteiger partial charge is 0.412 e. The number of rotatable bonds is 3. The van der Waals surface area contributed by atoms with Crippen LogP contribution in [0.4, 0.5) is 10.6 Å². The molecule has 2 atom stereocenters. The summed E-state index contributed by atoms with van der Waals surface area (Å²) in [5.74, 6) is 1.96. The summed E-state index contributed by atoms with van der Waals surface area (Å²) in [4.78, 5) is 23.3. The maximum atomic E-state index is 11.4. The second kappa shape index (κ2) is 7.00. The fourth-order valence-electron chi connectivity index (χ4n) is 4.00. The van der Waals surface area contributed by atoms with Gasteiger partial charge in [0, 0.05) is 32.7 Å². The van der Waals surface area contributed by atoms with E-state index in [0.29, 0.717) is 11.6 Å². The predicted octanol–water partition coefficient (Wildman–Crippen LogP) is 2.12. The second-order valence-corrected chi connectivity index (χ2v) is 7.40. The molecule has 1 aromatic carbocycles. The van der Waals surface area contributed by atoms with E-state index in [4.69, 9.17) is 19.4 Å². The Hall–Kier alpha value is -3.20. The van der Waals surface area contributed by atoms with Crippen molar-refractivity contribution < 1.29 is 14.3 Å². The molecule has 29 heavy (non-hydrogen) atoms. The third kappa shape index (κ3) is 3.27. The molecular weight excluding hydrogens is 372 g/mol. The Bertz CT molecular complexity index is 1050. The van der Waals surface area contributed by atoms with Crippen molar-refractivity contribution in [2.45, 2.75) is 25.0 Å². The number of nitrogens with zero attached hydrogens (tertiary/aromatic N) is 5. The monoisotopic (exact) mass is 394 g/mol. The minimum atomic E-state index is -0.505. The molecule has 1 N–H and O–H groups in total. The number of aromatic nitrogens is 4. The van der Waals surface area contributed by atoms with Crippen LogP contribution in [-0.2, 0) is 11.8 Å². The summed E-state index contributed by atoms with van der Waals surface area (Å²) in [5.41, 5.74) is 1.63. The number of carbonyl (C=O) groups is 1. The van der Waals surface area contributed by atoms with Crippen LogP contribution in [0.3, 0.4) is 0 Å². The van der Waals surface area contributed by atoms with Crippen LogP contribution >= 0.6 is 0 Å². The van der Waals surface area contributed by atoms with Crippen molar-refractivity contribution in [3.63, 3.8) is 0 Å². The average molecular weight is 394 g/mol. The Morgan fingerprint density at radius 1 is 1.17 bits per heavy atom. The van der Waals surface area contributed by atoms with Crippen molar-refractivity contribution in [3.05, 3.63) is 30.5 Å². The lowest BCUT2D eigenvalue weighted by molar-refractivity contribution is 0.0303. The summed E-state index contributed by atoms with van der Waals surface area (Å²) in [6.45, 7) is 1.66. The summed E-state index contributed by atoms with van der Waals surface area (Å²) in [6, 6.07) is 7.16. The SMILES string of the molecule is CNC(=O)Oc1ccc(-c2nc(N3CC4CCC(C3)O4)c3cnn(C)c3n2)cc1. The Labute approximate surface area is 167 Å². The Balaban J connectivity index is 1.53. The molecule has 2 aliphatic heterocycles. The van der Waals surface area contributed by atoms with Gasteiger partial charge in [-0.05, 0) is 37.1 Å². The van der Waals surface area contributed by atoms with E-state index in [9.17, 15) is 4.79 Å². The molecule has 9 nitrogen and oxygen atoms in total. The minimum Gasteiger partial charge on any atom is -0.410 e. The van der Waals surface area contributed by atoms with Crippen molar-refractivity contribution in [3.8, 4) is 17.1 Å². The zero-order chi connectivity index (χ0) is 20.0. The Morgan fingerprint density at radius 2 is 1.90 bits per heavy atom. The first kappa shape index (κ1) is 17.9. The van der Waals surface area contributed by atoms with Gasteiger partial charge in [0.2, 0.25) is 0 Å². The van der Waals surface area contributed by atoms with E-state index in [1.54, 1.807) is 16.8 Å². The first-order valence-electron chi connectivity index (χ1n) is 9.71. The van der Waals surface area contributed by atoms with Gasteiger partial charge in [0.05, 0.1) is 23.8 Å². The fourth-order valence-corrected chi connectivity index (χ4v) is 4.00. The molecular formula is C20H22N6O3. The lowest BCUT2D eigenvalue weighted by Crippen LogP contribution is -2.43. The molecule has 150 valence electrons. The summed E-state index contributed by atoms with van der Waals surface area (Å²) in [7, 11) is 3.40. The summed E-state index contributed by atoms with van der Waals surface area (Å²) in [6.07, 6.45) is 4.05. The van der Waals surface area contributed by atoms with Crippen molar-refractivity contribution in [2.75, 3.05) is 25.0 Å². The highest BCUT2D eigenvalue weighted by atomic mass is 16.6. The number of ether oxygens (including phenoxy) is 2. The van der Waals surface area contributed by atoms with Crippen LogP contribution < -0.4 is 15.0 Å². The van der Waals surface area contributed by atoms with Crippen LogP contribution in [0.1, 0.15) is 12.8 Å². The van der Waals surface area contributed by atoms with Crippen LogP contribution in [0.15, 0.2) is 30.5 Å². The molecule has 1 amide bonds. The molecule has 2 unspecified atom stereocenters. The number of nitrogens with one attached hydrogen (secondary N) is 1. The number of fused-ring (bicyclic) bond motifs is 3. The fraction of sp³-hybridized carbons (Fsp3) is 0.400. The number of anilines is 1. The molecule has 2 aromatic heterocycles. The average Bonchev–Trinajstić information content (AvgIpc) is 3.29. The van der Waals surface area contributed by atoms with Crippen LogP contribution in [0.2, 0.25) is 0 Å². The van der Waals surface area contributed by atoms with Gasteiger partial charge in [0.15, 0.2) is 11.5 Å². The van der Waals surface area contributed by atoms with Crippen molar-refractivity contribution in [2.24, 2.45) is 7.05 Å². The van der Waals surface area contributed by atoms with Gasteiger partial charge in [0.1, 0.15) is 11.6 Å². The zero-order valence-corrected chi connectivity index (χ0v) is 16.3. The standard InChI is InChI=1S/C20H22N6O3/c1-21-20(27)29-13-5-3-12(4-6-13)17-23-18-16(9-22-25(18)2)19(24-17)26-10-14-7-8-15(11-26)28-14/h3-6,9,14-15H,7-8,10-11H2,1-2H3,(H,21,27). The Kier molecular flexibility index (Phi) is 4.31. The zero-order valence-electron chi connectivity index (χ0n) is 16.3. The molecule has 0 saturated carbocycles. The van der Waals surface area contributed by atoms with Gasteiger partial charge in [-0.15, -0.1) is 0 Å². The molecule has 2 fully saturated rings. The normalized spacial score (nSPS) is 20.8. The number of morpholine rings is 1.